The highest BCUT2D eigenvalue weighted by Gasteiger charge is 2.33. The SMILES string of the molecule is CC(C)(C)OC(=O)N1CCC(C(=O)Cc2cn3ccsc3n2)C1. The number of carbonyl (C=O) groups is 2. The van der Waals surface area contributed by atoms with Gasteiger partial charge >= 0.3 is 6.09 Å². The van der Waals surface area contributed by atoms with Crippen molar-refractivity contribution < 1.29 is 14.3 Å². The summed E-state index contributed by atoms with van der Waals surface area (Å²) in [7, 11) is 0. The van der Waals surface area contributed by atoms with Crippen LogP contribution in [0.4, 0.5) is 4.79 Å². The zero-order valence-corrected chi connectivity index (χ0v) is 14.4. The van der Waals surface area contributed by atoms with Gasteiger partial charge in [-0.15, -0.1) is 11.3 Å². The van der Waals surface area contributed by atoms with Gasteiger partial charge in [0, 0.05) is 36.8 Å². The molecule has 1 aliphatic heterocycles. The number of imidazole rings is 1. The Morgan fingerprint density at radius 1 is 1.43 bits per heavy atom. The fraction of sp³-hybridized carbons (Fsp3) is 0.562. The topological polar surface area (TPSA) is 63.9 Å². The maximum Gasteiger partial charge on any atom is 0.410 e. The lowest BCUT2D eigenvalue weighted by Gasteiger charge is -2.24. The lowest BCUT2D eigenvalue weighted by molar-refractivity contribution is -0.121. The molecule has 1 saturated heterocycles. The molecule has 0 aromatic carbocycles. The second-order valence-electron chi connectivity index (χ2n) is 6.88. The van der Waals surface area contributed by atoms with Crippen molar-refractivity contribution in [3.63, 3.8) is 0 Å². The predicted molar refractivity (Wildman–Crippen MR) is 87.7 cm³/mol. The molecule has 1 unspecified atom stereocenters. The van der Waals surface area contributed by atoms with E-state index in [0.717, 1.165) is 10.7 Å². The van der Waals surface area contributed by atoms with Gasteiger partial charge in [0.2, 0.25) is 0 Å². The monoisotopic (exact) mass is 335 g/mol. The molecular weight excluding hydrogens is 314 g/mol. The molecule has 2 aromatic rings. The van der Waals surface area contributed by atoms with E-state index < -0.39 is 5.60 Å². The second-order valence-corrected chi connectivity index (χ2v) is 7.75. The van der Waals surface area contributed by atoms with E-state index in [1.807, 2.05) is 42.9 Å². The Balaban J connectivity index is 1.57. The van der Waals surface area contributed by atoms with Crippen LogP contribution in [0.15, 0.2) is 17.8 Å². The summed E-state index contributed by atoms with van der Waals surface area (Å²) in [5.74, 6) is 0.0177. The van der Waals surface area contributed by atoms with E-state index in [0.29, 0.717) is 25.9 Å². The van der Waals surface area contributed by atoms with Gasteiger partial charge in [-0.1, -0.05) is 0 Å². The van der Waals surface area contributed by atoms with Gasteiger partial charge in [-0.25, -0.2) is 9.78 Å². The van der Waals surface area contributed by atoms with Crippen LogP contribution in [0.1, 0.15) is 32.9 Å². The molecule has 3 rings (SSSR count). The Hall–Kier alpha value is -1.89. The molecule has 124 valence electrons. The predicted octanol–water partition coefficient (Wildman–Crippen LogP) is 2.76. The number of thiazole rings is 1. The average molecular weight is 335 g/mol. The highest BCUT2D eigenvalue weighted by Crippen LogP contribution is 2.22. The quantitative estimate of drug-likeness (QED) is 0.865. The van der Waals surface area contributed by atoms with Crippen LogP contribution in [0.5, 0.6) is 0 Å². The summed E-state index contributed by atoms with van der Waals surface area (Å²) in [6.07, 6.45) is 4.50. The van der Waals surface area contributed by atoms with Gasteiger partial charge in [0.15, 0.2) is 4.96 Å². The van der Waals surface area contributed by atoms with Crippen LogP contribution in [0, 0.1) is 5.92 Å². The summed E-state index contributed by atoms with van der Waals surface area (Å²) in [6, 6.07) is 0. The van der Waals surface area contributed by atoms with Crippen molar-refractivity contribution in [1.82, 2.24) is 14.3 Å². The maximum atomic E-state index is 12.4. The first-order valence-electron chi connectivity index (χ1n) is 7.73. The van der Waals surface area contributed by atoms with Gasteiger partial charge in [0.25, 0.3) is 0 Å². The van der Waals surface area contributed by atoms with Gasteiger partial charge in [-0.05, 0) is 27.2 Å². The standard InChI is InChI=1S/C16H21N3O3S/c1-16(2,3)22-15(21)19-5-4-11(9-19)13(20)8-12-10-18-6-7-23-14(18)17-12/h6-7,10-11H,4-5,8-9H2,1-3H3. The molecule has 3 heterocycles. The molecule has 2 aromatic heterocycles. The van der Waals surface area contributed by atoms with E-state index in [4.69, 9.17) is 4.74 Å². The van der Waals surface area contributed by atoms with Crippen LogP contribution in [0.25, 0.3) is 4.96 Å². The molecular formula is C16H21N3O3S. The van der Waals surface area contributed by atoms with Crippen LogP contribution < -0.4 is 0 Å². The van der Waals surface area contributed by atoms with Gasteiger partial charge in [0.1, 0.15) is 11.4 Å². The van der Waals surface area contributed by atoms with E-state index in [1.54, 1.807) is 16.2 Å². The summed E-state index contributed by atoms with van der Waals surface area (Å²) in [4.78, 5) is 31.5. The van der Waals surface area contributed by atoms with Gasteiger partial charge < -0.3 is 9.64 Å². The number of ether oxygens (including phenoxy) is 1. The summed E-state index contributed by atoms with van der Waals surface area (Å²) in [5.41, 5.74) is 0.277. The lowest BCUT2D eigenvalue weighted by atomic mass is 10.00. The number of hydrogen-bond donors (Lipinski definition) is 0. The van der Waals surface area contributed by atoms with Crippen LogP contribution in [0.2, 0.25) is 0 Å². The van der Waals surface area contributed by atoms with Crippen molar-refractivity contribution in [2.75, 3.05) is 13.1 Å². The molecule has 0 saturated carbocycles. The molecule has 23 heavy (non-hydrogen) atoms. The number of carbonyl (C=O) groups excluding carboxylic acids is 2. The number of rotatable bonds is 3. The van der Waals surface area contributed by atoms with Gasteiger partial charge in [-0.2, -0.15) is 0 Å². The minimum atomic E-state index is -0.513. The fourth-order valence-corrected chi connectivity index (χ4v) is 3.42. The molecule has 1 fully saturated rings. The smallest absolute Gasteiger partial charge is 0.410 e. The molecule has 1 amide bonds. The average Bonchev–Trinajstić information content (AvgIpc) is 3.10. The molecule has 1 aliphatic rings. The van der Waals surface area contributed by atoms with Crippen molar-refractivity contribution in [2.45, 2.75) is 39.2 Å². The largest absolute Gasteiger partial charge is 0.444 e. The fourth-order valence-electron chi connectivity index (χ4n) is 2.70. The van der Waals surface area contributed by atoms with Crippen LogP contribution in [-0.4, -0.2) is 44.9 Å². The first kappa shape index (κ1) is 16.0. The molecule has 0 N–H and O–H groups in total. The van der Waals surface area contributed by atoms with E-state index in [9.17, 15) is 9.59 Å². The molecule has 1 atom stereocenters. The molecule has 0 aliphatic carbocycles. The number of nitrogens with zero attached hydrogens (tertiary/aromatic N) is 3. The summed E-state index contributed by atoms with van der Waals surface area (Å²) < 4.78 is 7.28. The van der Waals surface area contributed by atoms with E-state index in [-0.39, 0.29) is 17.8 Å². The van der Waals surface area contributed by atoms with Crippen molar-refractivity contribution >= 4 is 28.2 Å². The molecule has 0 spiro atoms. The number of ketones is 1. The van der Waals surface area contributed by atoms with E-state index >= 15 is 0 Å². The first-order chi connectivity index (χ1) is 10.8. The Morgan fingerprint density at radius 3 is 2.91 bits per heavy atom. The number of amides is 1. The summed E-state index contributed by atoms with van der Waals surface area (Å²) >= 11 is 1.55. The molecule has 6 nitrogen and oxygen atoms in total. The number of Topliss-reactive ketones (excluding diaryl/α,β-unsaturated/α-hetero) is 1. The number of likely N-dealkylation sites (tertiary alicyclic amines) is 1. The number of aromatic nitrogens is 2. The zero-order chi connectivity index (χ0) is 16.6. The summed E-state index contributed by atoms with van der Waals surface area (Å²) in [6.45, 7) is 6.54. The van der Waals surface area contributed by atoms with Gasteiger partial charge in [0.05, 0.1) is 12.1 Å². The Labute approximate surface area is 139 Å². The van der Waals surface area contributed by atoms with Crippen molar-refractivity contribution in [3.05, 3.63) is 23.5 Å². The first-order valence-corrected chi connectivity index (χ1v) is 8.61. The highest BCUT2D eigenvalue weighted by molar-refractivity contribution is 7.15. The van der Waals surface area contributed by atoms with Crippen LogP contribution in [-0.2, 0) is 16.0 Å². The van der Waals surface area contributed by atoms with Crippen molar-refractivity contribution in [3.8, 4) is 0 Å². The Kier molecular flexibility index (Phi) is 4.14. The third kappa shape index (κ3) is 3.72. The number of fused-ring (bicyclic) bond motifs is 1. The highest BCUT2D eigenvalue weighted by atomic mass is 32.1. The van der Waals surface area contributed by atoms with Crippen LogP contribution >= 0.6 is 11.3 Å². The van der Waals surface area contributed by atoms with E-state index in [1.165, 1.54) is 0 Å². The third-order valence-electron chi connectivity index (χ3n) is 3.79. The minimum Gasteiger partial charge on any atom is -0.444 e. The van der Waals surface area contributed by atoms with Crippen LogP contribution in [0.3, 0.4) is 0 Å². The molecule has 0 radical (unpaired) electrons. The lowest BCUT2D eigenvalue weighted by Crippen LogP contribution is -2.36. The van der Waals surface area contributed by atoms with Crippen molar-refractivity contribution in [2.24, 2.45) is 5.92 Å². The molecule has 7 heteroatoms. The second kappa shape index (κ2) is 5.96. The third-order valence-corrected chi connectivity index (χ3v) is 4.56. The molecule has 0 bridgehead atoms. The Morgan fingerprint density at radius 2 is 2.22 bits per heavy atom. The van der Waals surface area contributed by atoms with E-state index in [2.05, 4.69) is 4.98 Å². The Bertz CT molecular complexity index is 700. The van der Waals surface area contributed by atoms with Gasteiger partial charge in [-0.3, -0.25) is 9.20 Å². The zero-order valence-electron chi connectivity index (χ0n) is 13.6. The number of hydrogen-bond acceptors (Lipinski definition) is 5. The summed E-state index contributed by atoms with van der Waals surface area (Å²) in [5, 5.41) is 1.96. The normalized spacial score (nSPS) is 18.6. The van der Waals surface area contributed by atoms with Crippen molar-refractivity contribution in [1.29, 1.82) is 0 Å². The minimum absolute atomic E-state index is 0.123. The maximum absolute atomic E-state index is 12.4.